The summed E-state index contributed by atoms with van der Waals surface area (Å²) in [4.78, 5) is 26.6. The second kappa shape index (κ2) is 9.12. The Morgan fingerprint density at radius 3 is 2.33 bits per heavy atom. The summed E-state index contributed by atoms with van der Waals surface area (Å²) in [5, 5.41) is 8.77. The molecule has 1 N–H and O–H groups in total. The summed E-state index contributed by atoms with van der Waals surface area (Å²) in [5.41, 5.74) is 3.35. The molecule has 7 nitrogen and oxygen atoms in total. The summed E-state index contributed by atoms with van der Waals surface area (Å²) in [7, 11) is 1.87. The van der Waals surface area contributed by atoms with Crippen LogP contribution >= 0.6 is 0 Å². The summed E-state index contributed by atoms with van der Waals surface area (Å²) >= 11 is 0. The molecule has 1 aliphatic rings. The third kappa shape index (κ3) is 4.38. The number of fused-ring (bicyclic) bond motifs is 3. The molecule has 1 amide bonds. The Kier molecular flexibility index (Phi) is 5.83. The van der Waals surface area contributed by atoms with Crippen LogP contribution in [0.25, 0.3) is 44.3 Å². The Balaban J connectivity index is 1.46. The van der Waals surface area contributed by atoms with Crippen LogP contribution in [0.5, 0.6) is 0 Å². The highest BCUT2D eigenvalue weighted by Crippen LogP contribution is 2.42. The molecule has 5 aromatic rings. The van der Waals surface area contributed by atoms with Crippen LogP contribution in [-0.2, 0) is 17.3 Å². The van der Waals surface area contributed by atoms with Gasteiger partial charge < -0.3 is 14.5 Å². The SMILES string of the molecule is Cn1ncc2c3oc(-c4ccccc4)c(-c4ccc(C5(NC(=O)OC(C)(C)C)CCC5)cc4)c(=O)c3ccc21. The van der Waals surface area contributed by atoms with E-state index < -0.39 is 17.2 Å². The quantitative estimate of drug-likeness (QED) is 0.277. The zero-order valence-corrected chi connectivity index (χ0v) is 22.6. The number of aromatic nitrogens is 2. The van der Waals surface area contributed by atoms with Crippen LogP contribution in [0.1, 0.15) is 45.6 Å². The molecule has 3 aromatic carbocycles. The highest BCUT2D eigenvalue weighted by molar-refractivity contribution is 6.04. The minimum absolute atomic E-state index is 0.0983. The van der Waals surface area contributed by atoms with Crippen molar-refractivity contribution in [3.8, 4) is 22.5 Å². The lowest BCUT2D eigenvalue weighted by Gasteiger charge is -2.43. The van der Waals surface area contributed by atoms with Crippen molar-refractivity contribution in [1.29, 1.82) is 0 Å². The molecule has 0 bridgehead atoms. The lowest BCUT2D eigenvalue weighted by Crippen LogP contribution is -2.52. The van der Waals surface area contributed by atoms with Crippen LogP contribution in [0.2, 0.25) is 0 Å². The lowest BCUT2D eigenvalue weighted by molar-refractivity contribution is 0.0377. The minimum Gasteiger partial charge on any atom is -0.454 e. The van der Waals surface area contributed by atoms with Gasteiger partial charge in [-0.05, 0) is 63.3 Å². The fourth-order valence-corrected chi connectivity index (χ4v) is 5.41. The van der Waals surface area contributed by atoms with E-state index in [0.717, 1.165) is 46.9 Å². The van der Waals surface area contributed by atoms with Gasteiger partial charge in [-0.25, -0.2) is 4.79 Å². The topological polar surface area (TPSA) is 86.4 Å². The van der Waals surface area contributed by atoms with E-state index in [2.05, 4.69) is 10.4 Å². The number of amides is 1. The molecule has 0 aliphatic heterocycles. The van der Waals surface area contributed by atoms with Gasteiger partial charge in [0.05, 0.1) is 33.6 Å². The molecule has 39 heavy (non-hydrogen) atoms. The number of carbonyl (C=O) groups is 1. The number of aryl methyl sites for hydroxylation is 1. The molecule has 7 heteroatoms. The zero-order valence-electron chi connectivity index (χ0n) is 22.6. The highest BCUT2D eigenvalue weighted by Gasteiger charge is 2.41. The van der Waals surface area contributed by atoms with Gasteiger partial charge in [0.2, 0.25) is 5.43 Å². The number of hydrogen-bond donors (Lipinski definition) is 1. The van der Waals surface area contributed by atoms with Gasteiger partial charge in [0.25, 0.3) is 0 Å². The number of nitrogens with one attached hydrogen (secondary N) is 1. The lowest BCUT2D eigenvalue weighted by atomic mass is 9.71. The van der Waals surface area contributed by atoms with Crippen LogP contribution in [0.15, 0.2) is 82.1 Å². The third-order valence-electron chi connectivity index (χ3n) is 7.49. The van der Waals surface area contributed by atoms with Gasteiger partial charge in [0.1, 0.15) is 16.9 Å². The Morgan fingerprint density at radius 2 is 1.69 bits per heavy atom. The van der Waals surface area contributed by atoms with Crippen molar-refractivity contribution in [2.24, 2.45) is 7.05 Å². The van der Waals surface area contributed by atoms with E-state index in [1.807, 2.05) is 94.5 Å². The van der Waals surface area contributed by atoms with Gasteiger partial charge in [0.15, 0.2) is 0 Å². The van der Waals surface area contributed by atoms with Gasteiger partial charge in [0, 0.05) is 12.6 Å². The molecule has 0 spiro atoms. The Bertz CT molecular complexity index is 1760. The predicted molar refractivity (Wildman–Crippen MR) is 153 cm³/mol. The maximum atomic E-state index is 14.0. The van der Waals surface area contributed by atoms with Gasteiger partial charge >= 0.3 is 6.09 Å². The number of nitrogens with zero attached hydrogens (tertiary/aromatic N) is 2. The first-order chi connectivity index (χ1) is 18.7. The summed E-state index contributed by atoms with van der Waals surface area (Å²) in [6, 6.07) is 21.3. The molecular formula is C32H31N3O4. The molecule has 2 heterocycles. The Morgan fingerprint density at radius 1 is 0.974 bits per heavy atom. The predicted octanol–water partition coefficient (Wildman–Crippen LogP) is 6.92. The average Bonchev–Trinajstić information content (AvgIpc) is 3.27. The number of hydrogen-bond acceptors (Lipinski definition) is 5. The van der Waals surface area contributed by atoms with Gasteiger partial charge in [-0.15, -0.1) is 0 Å². The molecule has 0 saturated heterocycles. The molecule has 2 aromatic heterocycles. The van der Waals surface area contributed by atoms with E-state index in [1.165, 1.54) is 0 Å². The standard InChI is InChI=1S/C32H31N3O4/c1-31(2,3)39-30(37)34-32(17-8-18-32)22-13-11-20(12-14-22)26-27(36)23-15-16-25-24(19-33-35(25)4)29(23)38-28(26)21-9-6-5-7-10-21/h5-7,9-16,19H,8,17-18H2,1-4H3,(H,34,37). The van der Waals surface area contributed by atoms with E-state index in [4.69, 9.17) is 9.15 Å². The fraction of sp³-hybridized carbons (Fsp3) is 0.281. The smallest absolute Gasteiger partial charge is 0.408 e. The summed E-state index contributed by atoms with van der Waals surface area (Å²) in [5.74, 6) is 0.516. The van der Waals surface area contributed by atoms with Crippen molar-refractivity contribution >= 4 is 28.0 Å². The van der Waals surface area contributed by atoms with Crippen molar-refractivity contribution in [2.45, 2.75) is 51.2 Å². The summed E-state index contributed by atoms with van der Waals surface area (Å²) in [6.07, 6.45) is 4.00. The Hall–Kier alpha value is -4.39. The van der Waals surface area contributed by atoms with Crippen LogP contribution in [0.3, 0.4) is 0 Å². The number of alkyl carbamates (subject to hydrolysis) is 1. The zero-order chi connectivity index (χ0) is 27.4. The minimum atomic E-state index is -0.571. The van der Waals surface area contributed by atoms with E-state index >= 15 is 0 Å². The van der Waals surface area contributed by atoms with Crippen molar-refractivity contribution in [1.82, 2.24) is 15.1 Å². The first kappa shape index (κ1) is 24.9. The monoisotopic (exact) mass is 521 g/mol. The molecule has 0 atom stereocenters. The maximum absolute atomic E-state index is 14.0. The van der Waals surface area contributed by atoms with E-state index in [9.17, 15) is 9.59 Å². The number of benzene rings is 3. The molecular weight excluding hydrogens is 490 g/mol. The largest absolute Gasteiger partial charge is 0.454 e. The fourth-order valence-electron chi connectivity index (χ4n) is 5.41. The van der Waals surface area contributed by atoms with Crippen molar-refractivity contribution in [2.75, 3.05) is 0 Å². The van der Waals surface area contributed by atoms with Gasteiger partial charge in [-0.2, -0.15) is 5.10 Å². The van der Waals surface area contributed by atoms with Crippen molar-refractivity contribution in [3.05, 3.63) is 88.7 Å². The van der Waals surface area contributed by atoms with Gasteiger partial charge in [-0.3, -0.25) is 9.48 Å². The second-order valence-corrected chi connectivity index (χ2v) is 11.3. The molecule has 198 valence electrons. The molecule has 6 rings (SSSR count). The molecule has 1 fully saturated rings. The first-order valence-electron chi connectivity index (χ1n) is 13.2. The molecule has 0 radical (unpaired) electrons. The van der Waals surface area contributed by atoms with Crippen LogP contribution in [0.4, 0.5) is 4.79 Å². The van der Waals surface area contributed by atoms with E-state index in [0.29, 0.717) is 22.3 Å². The Labute approximate surface area is 226 Å². The molecule has 1 aliphatic carbocycles. The number of carbonyl (C=O) groups excluding carboxylic acids is 1. The third-order valence-corrected chi connectivity index (χ3v) is 7.49. The van der Waals surface area contributed by atoms with Crippen molar-refractivity contribution in [3.63, 3.8) is 0 Å². The molecule has 1 saturated carbocycles. The average molecular weight is 522 g/mol. The van der Waals surface area contributed by atoms with E-state index in [-0.39, 0.29) is 5.43 Å². The second-order valence-electron chi connectivity index (χ2n) is 11.3. The maximum Gasteiger partial charge on any atom is 0.408 e. The van der Waals surface area contributed by atoms with Crippen LogP contribution in [0, 0.1) is 0 Å². The van der Waals surface area contributed by atoms with Gasteiger partial charge in [-0.1, -0.05) is 54.6 Å². The van der Waals surface area contributed by atoms with E-state index in [1.54, 1.807) is 10.9 Å². The normalized spacial score (nSPS) is 14.8. The highest BCUT2D eigenvalue weighted by atomic mass is 16.6. The van der Waals surface area contributed by atoms with Crippen molar-refractivity contribution < 1.29 is 13.9 Å². The summed E-state index contributed by atoms with van der Waals surface area (Å²) in [6.45, 7) is 5.56. The number of ether oxygens (including phenoxy) is 1. The van der Waals surface area contributed by atoms with Crippen LogP contribution in [-0.4, -0.2) is 21.5 Å². The number of rotatable bonds is 4. The molecule has 0 unspecified atom stereocenters. The first-order valence-corrected chi connectivity index (χ1v) is 13.2. The van der Waals surface area contributed by atoms with Crippen LogP contribution < -0.4 is 10.7 Å². The summed E-state index contributed by atoms with van der Waals surface area (Å²) < 4.78 is 13.8.